The van der Waals surface area contributed by atoms with Crippen molar-refractivity contribution < 1.29 is 9.47 Å². The van der Waals surface area contributed by atoms with Crippen molar-refractivity contribution in [2.24, 2.45) is 5.10 Å². The summed E-state index contributed by atoms with van der Waals surface area (Å²) < 4.78 is 10.7. The second-order valence-electron chi connectivity index (χ2n) is 4.34. The fraction of sp³-hybridized carbons (Fsp3) is 0.429. The first-order valence-corrected chi connectivity index (χ1v) is 6.88. The minimum Gasteiger partial charge on any atom is -0.493 e. The van der Waals surface area contributed by atoms with E-state index in [1.807, 2.05) is 39.0 Å². The predicted molar refractivity (Wildman–Crippen MR) is 85.8 cm³/mol. The maximum atomic E-state index is 5.45. The maximum Gasteiger partial charge on any atom is 0.187 e. The summed E-state index contributed by atoms with van der Waals surface area (Å²) in [5, 5.41) is 7.60. The molecule has 0 radical (unpaired) electrons. The van der Waals surface area contributed by atoms with Crippen molar-refractivity contribution in [3.05, 3.63) is 23.8 Å². The predicted octanol–water partition coefficient (Wildman–Crippen LogP) is 2.30. The average molecular weight is 295 g/mol. The summed E-state index contributed by atoms with van der Waals surface area (Å²) in [6.07, 6.45) is 1.67. The van der Waals surface area contributed by atoms with E-state index >= 15 is 0 Å². The van der Waals surface area contributed by atoms with Crippen LogP contribution < -0.4 is 20.2 Å². The highest BCUT2D eigenvalue weighted by Gasteiger charge is 2.04. The van der Waals surface area contributed by atoms with Crippen LogP contribution in [0.1, 0.15) is 26.3 Å². The van der Waals surface area contributed by atoms with E-state index in [0.717, 1.165) is 11.3 Å². The van der Waals surface area contributed by atoms with E-state index in [-0.39, 0.29) is 6.04 Å². The summed E-state index contributed by atoms with van der Waals surface area (Å²) >= 11 is 5.07. The molecule has 2 N–H and O–H groups in total. The summed E-state index contributed by atoms with van der Waals surface area (Å²) in [5.41, 5.74) is 3.65. The maximum absolute atomic E-state index is 5.45. The van der Waals surface area contributed by atoms with Crippen molar-refractivity contribution in [1.29, 1.82) is 0 Å². The molecule has 0 aliphatic heterocycles. The molecular formula is C14H21N3O2S. The standard InChI is InChI=1S/C14H21N3O2S/c1-5-19-12-7-6-11(8-13(12)18-4)9-15-17-14(20)16-10(2)3/h6-10H,5H2,1-4H3,(H2,16,17,20)/b15-9-. The summed E-state index contributed by atoms with van der Waals surface area (Å²) in [5.74, 6) is 1.40. The van der Waals surface area contributed by atoms with Gasteiger partial charge in [0, 0.05) is 6.04 Å². The van der Waals surface area contributed by atoms with Crippen LogP contribution in [0.5, 0.6) is 11.5 Å². The summed E-state index contributed by atoms with van der Waals surface area (Å²) in [6, 6.07) is 5.89. The van der Waals surface area contributed by atoms with Gasteiger partial charge in [-0.15, -0.1) is 0 Å². The molecule has 0 spiro atoms. The third-order valence-corrected chi connectivity index (χ3v) is 2.50. The number of hydrogen-bond acceptors (Lipinski definition) is 4. The minimum absolute atomic E-state index is 0.274. The van der Waals surface area contributed by atoms with E-state index in [0.29, 0.717) is 17.5 Å². The molecule has 0 bridgehead atoms. The molecule has 6 heteroatoms. The Morgan fingerprint density at radius 3 is 2.75 bits per heavy atom. The zero-order valence-corrected chi connectivity index (χ0v) is 13.1. The Morgan fingerprint density at radius 1 is 1.40 bits per heavy atom. The van der Waals surface area contributed by atoms with Crippen LogP contribution in [0.15, 0.2) is 23.3 Å². The van der Waals surface area contributed by atoms with Gasteiger partial charge < -0.3 is 14.8 Å². The van der Waals surface area contributed by atoms with E-state index in [2.05, 4.69) is 15.8 Å². The summed E-state index contributed by atoms with van der Waals surface area (Å²) in [6.45, 7) is 6.55. The van der Waals surface area contributed by atoms with Gasteiger partial charge in [0.2, 0.25) is 0 Å². The molecule has 0 atom stereocenters. The molecule has 110 valence electrons. The highest BCUT2D eigenvalue weighted by Crippen LogP contribution is 2.27. The van der Waals surface area contributed by atoms with Crippen LogP contribution in [0, 0.1) is 0 Å². The molecule has 20 heavy (non-hydrogen) atoms. The first-order chi connectivity index (χ1) is 9.56. The molecule has 0 aliphatic carbocycles. The highest BCUT2D eigenvalue weighted by atomic mass is 32.1. The van der Waals surface area contributed by atoms with E-state index in [9.17, 15) is 0 Å². The van der Waals surface area contributed by atoms with Crippen molar-refractivity contribution in [2.75, 3.05) is 13.7 Å². The SMILES string of the molecule is CCOc1ccc(/C=N\NC(=S)NC(C)C)cc1OC. The van der Waals surface area contributed by atoms with Gasteiger partial charge in [0.05, 0.1) is 19.9 Å². The number of methoxy groups -OCH3 is 1. The van der Waals surface area contributed by atoms with Crippen LogP contribution in [-0.2, 0) is 0 Å². The van der Waals surface area contributed by atoms with Crippen molar-refractivity contribution >= 4 is 23.5 Å². The largest absolute Gasteiger partial charge is 0.493 e. The van der Waals surface area contributed by atoms with Crippen molar-refractivity contribution in [2.45, 2.75) is 26.8 Å². The molecule has 1 rings (SSSR count). The van der Waals surface area contributed by atoms with E-state index < -0.39 is 0 Å². The zero-order chi connectivity index (χ0) is 15.0. The topological polar surface area (TPSA) is 54.9 Å². The van der Waals surface area contributed by atoms with Crippen LogP contribution in [-0.4, -0.2) is 31.1 Å². The Balaban J connectivity index is 2.66. The molecule has 1 aromatic rings. The Hall–Kier alpha value is -1.82. The normalized spacial score (nSPS) is 10.7. The number of thiocarbonyl (C=S) groups is 1. The molecule has 0 saturated carbocycles. The Morgan fingerprint density at radius 2 is 2.15 bits per heavy atom. The summed E-state index contributed by atoms with van der Waals surface area (Å²) in [4.78, 5) is 0. The van der Waals surface area contributed by atoms with Gasteiger partial charge in [-0.3, -0.25) is 5.43 Å². The minimum atomic E-state index is 0.274. The number of nitrogens with one attached hydrogen (secondary N) is 2. The van der Waals surface area contributed by atoms with Crippen LogP contribution in [0.4, 0.5) is 0 Å². The van der Waals surface area contributed by atoms with E-state index in [4.69, 9.17) is 21.7 Å². The van der Waals surface area contributed by atoms with Gasteiger partial charge in [-0.25, -0.2) is 0 Å². The van der Waals surface area contributed by atoms with Gasteiger partial charge in [0.15, 0.2) is 16.6 Å². The molecular weight excluding hydrogens is 274 g/mol. The number of rotatable bonds is 6. The molecule has 5 nitrogen and oxygen atoms in total. The molecule has 1 aromatic carbocycles. The summed E-state index contributed by atoms with van der Waals surface area (Å²) in [7, 11) is 1.61. The molecule has 0 unspecified atom stereocenters. The Labute approximate surface area is 125 Å². The second kappa shape index (κ2) is 8.37. The number of hydrogen-bond donors (Lipinski definition) is 2. The smallest absolute Gasteiger partial charge is 0.187 e. The van der Waals surface area contributed by atoms with Gasteiger partial charge in [-0.05, 0) is 56.8 Å². The van der Waals surface area contributed by atoms with Crippen LogP contribution >= 0.6 is 12.2 Å². The lowest BCUT2D eigenvalue weighted by Gasteiger charge is -2.10. The fourth-order valence-corrected chi connectivity index (χ4v) is 1.79. The Kier molecular flexibility index (Phi) is 6.79. The van der Waals surface area contributed by atoms with Crippen LogP contribution in [0.2, 0.25) is 0 Å². The zero-order valence-electron chi connectivity index (χ0n) is 12.3. The van der Waals surface area contributed by atoms with Gasteiger partial charge in [-0.2, -0.15) is 5.10 Å². The average Bonchev–Trinajstić information content (AvgIpc) is 2.39. The second-order valence-corrected chi connectivity index (χ2v) is 4.75. The third-order valence-electron chi connectivity index (χ3n) is 2.29. The Bertz CT molecular complexity index is 475. The number of ether oxygens (including phenoxy) is 2. The first kappa shape index (κ1) is 16.2. The third kappa shape index (κ3) is 5.44. The lowest BCUT2D eigenvalue weighted by molar-refractivity contribution is 0.311. The quantitative estimate of drug-likeness (QED) is 0.479. The van der Waals surface area contributed by atoms with Gasteiger partial charge in [0.1, 0.15) is 0 Å². The first-order valence-electron chi connectivity index (χ1n) is 6.47. The van der Waals surface area contributed by atoms with Crippen molar-refractivity contribution in [1.82, 2.24) is 10.7 Å². The van der Waals surface area contributed by atoms with Crippen LogP contribution in [0.3, 0.4) is 0 Å². The van der Waals surface area contributed by atoms with E-state index in [1.165, 1.54) is 0 Å². The van der Waals surface area contributed by atoms with Gasteiger partial charge in [-0.1, -0.05) is 0 Å². The molecule has 0 saturated heterocycles. The van der Waals surface area contributed by atoms with Crippen molar-refractivity contribution in [3.8, 4) is 11.5 Å². The molecule has 0 heterocycles. The molecule has 0 amide bonds. The van der Waals surface area contributed by atoms with Crippen molar-refractivity contribution in [3.63, 3.8) is 0 Å². The number of benzene rings is 1. The number of hydrazone groups is 1. The fourth-order valence-electron chi connectivity index (χ4n) is 1.50. The van der Waals surface area contributed by atoms with Gasteiger partial charge >= 0.3 is 0 Å². The van der Waals surface area contributed by atoms with E-state index in [1.54, 1.807) is 13.3 Å². The van der Waals surface area contributed by atoms with Crippen LogP contribution in [0.25, 0.3) is 0 Å². The number of nitrogens with zero attached hydrogens (tertiary/aromatic N) is 1. The highest BCUT2D eigenvalue weighted by molar-refractivity contribution is 7.80. The lowest BCUT2D eigenvalue weighted by Crippen LogP contribution is -2.36. The molecule has 0 fully saturated rings. The molecule has 0 aliphatic rings. The van der Waals surface area contributed by atoms with Gasteiger partial charge in [0.25, 0.3) is 0 Å². The monoisotopic (exact) mass is 295 g/mol. The lowest BCUT2D eigenvalue weighted by atomic mass is 10.2. The molecule has 0 aromatic heterocycles.